The van der Waals surface area contributed by atoms with Gasteiger partial charge in [-0.2, -0.15) is 5.26 Å². The average molecular weight is 260 g/mol. The Balaban J connectivity index is 2.50. The molecule has 0 bridgehead atoms. The molecular weight excluding hydrogens is 236 g/mol. The zero-order valence-corrected chi connectivity index (χ0v) is 12.4. The van der Waals surface area contributed by atoms with Crippen molar-refractivity contribution in [2.45, 2.75) is 39.7 Å². The lowest BCUT2D eigenvalue weighted by Gasteiger charge is -2.26. The molecule has 0 heterocycles. The van der Waals surface area contributed by atoms with E-state index in [0.717, 1.165) is 18.7 Å². The minimum atomic E-state index is 0.149. The Labute approximate surface area is 116 Å². The zero-order chi connectivity index (χ0) is 14.3. The van der Waals surface area contributed by atoms with Gasteiger partial charge in [-0.1, -0.05) is 26.0 Å². The molecule has 19 heavy (non-hydrogen) atoms. The summed E-state index contributed by atoms with van der Waals surface area (Å²) in [5.41, 5.74) is 1.40. The molecule has 0 aliphatic carbocycles. The molecule has 1 atom stereocenters. The van der Waals surface area contributed by atoms with Crippen LogP contribution in [0.25, 0.3) is 0 Å². The van der Waals surface area contributed by atoms with Gasteiger partial charge >= 0.3 is 0 Å². The van der Waals surface area contributed by atoms with Crippen molar-refractivity contribution in [2.75, 3.05) is 13.7 Å². The van der Waals surface area contributed by atoms with Gasteiger partial charge in [0.25, 0.3) is 0 Å². The van der Waals surface area contributed by atoms with E-state index >= 15 is 0 Å². The highest BCUT2D eigenvalue weighted by molar-refractivity contribution is 5.28. The third-order valence-electron chi connectivity index (χ3n) is 3.42. The summed E-state index contributed by atoms with van der Waals surface area (Å²) in [4.78, 5) is 0. The molecule has 0 amide bonds. The predicted octanol–water partition coefficient (Wildman–Crippen LogP) is 3.68. The molecule has 0 fully saturated rings. The highest BCUT2D eigenvalue weighted by Gasteiger charge is 2.18. The molecule has 0 aliphatic heterocycles. The van der Waals surface area contributed by atoms with Crippen molar-refractivity contribution in [2.24, 2.45) is 5.41 Å². The number of rotatable bonds is 7. The van der Waals surface area contributed by atoms with Crippen LogP contribution in [0.4, 0.5) is 0 Å². The number of methoxy groups -OCH3 is 1. The summed E-state index contributed by atoms with van der Waals surface area (Å²) in [6.45, 7) is 7.44. The van der Waals surface area contributed by atoms with E-state index in [2.05, 4.69) is 44.3 Å². The van der Waals surface area contributed by atoms with Crippen LogP contribution in [0, 0.1) is 16.7 Å². The maximum Gasteiger partial charge on any atom is 0.118 e. The quantitative estimate of drug-likeness (QED) is 0.813. The van der Waals surface area contributed by atoms with E-state index < -0.39 is 0 Å². The fourth-order valence-corrected chi connectivity index (χ4v) is 1.92. The summed E-state index contributed by atoms with van der Waals surface area (Å²) in [6, 6.07) is 10.6. The van der Waals surface area contributed by atoms with Crippen LogP contribution in [-0.2, 0) is 0 Å². The second-order valence-electron chi connectivity index (χ2n) is 5.70. The number of hydrogen-bond donors (Lipinski definition) is 1. The van der Waals surface area contributed by atoms with Crippen LogP contribution in [-0.4, -0.2) is 13.7 Å². The van der Waals surface area contributed by atoms with Gasteiger partial charge in [-0.25, -0.2) is 0 Å². The monoisotopic (exact) mass is 260 g/mol. The SMILES string of the molecule is COc1ccc([C@@H](C)NCC(C)(C)CCC#N)cc1. The molecule has 1 aromatic carbocycles. The second-order valence-corrected chi connectivity index (χ2v) is 5.70. The molecule has 0 aliphatic rings. The van der Waals surface area contributed by atoms with Crippen LogP contribution in [0.5, 0.6) is 5.75 Å². The lowest BCUT2D eigenvalue weighted by Crippen LogP contribution is -2.31. The first-order valence-electron chi connectivity index (χ1n) is 6.73. The highest BCUT2D eigenvalue weighted by Crippen LogP contribution is 2.23. The largest absolute Gasteiger partial charge is 0.497 e. The Kier molecular flexibility index (Phi) is 5.85. The molecule has 104 valence electrons. The van der Waals surface area contributed by atoms with Crippen molar-refractivity contribution < 1.29 is 4.74 Å². The van der Waals surface area contributed by atoms with Crippen molar-refractivity contribution in [3.05, 3.63) is 29.8 Å². The number of nitrogens with one attached hydrogen (secondary N) is 1. The third-order valence-corrected chi connectivity index (χ3v) is 3.42. The van der Waals surface area contributed by atoms with E-state index in [0.29, 0.717) is 12.5 Å². The smallest absolute Gasteiger partial charge is 0.118 e. The van der Waals surface area contributed by atoms with Crippen molar-refractivity contribution in [1.29, 1.82) is 5.26 Å². The molecule has 0 spiro atoms. The molecule has 1 aromatic rings. The van der Waals surface area contributed by atoms with Gasteiger partial charge in [-0.3, -0.25) is 0 Å². The Morgan fingerprint density at radius 3 is 2.47 bits per heavy atom. The fourth-order valence-electron chi connectivity index (χ4n) is 1.92. The van der Waals surface area contributed by atoms with Crippen LogP contribution in [0.3, 0.4) is 0 Å². The Hall–Kier alpha value is -1.53. The maximum atomic E-state index is 8.65. The van der Waals surface area contributed by atoms with E-state index in [-0.39, 0.29) is 5.41 Å². The summed E-state index contributed by atoms with van der Waals surface area (Å²) in [5.74, 6) is 0.880. The highest BCUT2D eigenvalue weighted by atomic mass is 16.5. The first kappa shape index (κ1) is 15.5. The number of nitriles is 1. The number of hydrogen-bond acceptors (Lipinski definition) is 3. The molecule has 1 N–H and O–H groups in total. The van der Waals surface area contributed by atoms with E-state index in [9.17, 15) is 0 Å². The van der Waals surface area contributed by atoms with E-state index in [4.69, 9.17) is 10.00 Å². The molecule has 1 rings (SSSR count). The Bertz CT molecular complexity index is 417. The first-order valence-corrected chi connectivity index (χ1v) is 6.73. The molecule has 0 radical (unpaired) electrons. The summed E-state index contributed by atoms with van der Waals surface area (Å²) in [5, 5.41) is 12.2. The third kappa shape index (κ3) is 5.32. The minimum absolute atomic E-state index is 0.149. The molecular formula is C16H24N2O. The number of ether oxygens (including phenoxy) is 1. The van der Waals surface area contributed by atoms with Crippen LogP contribution < -0.4 is 10.1 Å². The summed E-state index contributed by atoms with van der Waals surface area (Å²) < 4.78 is 5.16. The van der Waals surface area contributed by atoms with Gasteiger partial charge < -0.3 is 10.1 Å². The Morgan fingerprint density at radius 1 is 1.32 bits per heavy atom. The van der Waals surface area contributed by atoms with Gasteiger partial charge in [0, 0.05) is 19.0 Å². The number of benzene rings is 1. The topological polar surface area (TPSA) is 45.0 Å². The van der Waals surface area contributed by atoms with Gasteiger partial charge in [0.15, 0.2) is 0 Å². The number of nitrogens with zero attached hydrogens (tertiary/aromatic N) is 1. The van der Waals surface area contributed by atoms with Gasteiger partial charge in [0.2, 0.25) is 0 Å². The van der Waals surface area contributed by atoms with Crippen LogP contribution in [0.15, 0.2) is 24.3 Å². The van der Waals surface area contributed by atoms with Gasteiger partial charge in [-0.15, -0.1) is 0 Å². The zero-order valence-electron chi connectivity index (χ0n) is 12.4. The van der Waals surface area contributed by atoms with Crippen LogP contribution >= 0.6 is 0 Å². The lowest BCUT2D eigenvalue weighted by atomic mass is 9.87. The fraction of sp³-hybridized carbons (Fsp3) is 0.562. The van der Waals surface area contributed by atoms with Crippen molar-refractivity contribution in [1.82, 2.24) is 5.32 Å². The second kappa shape index (κ2) is 7.16. The van der Waals surface area contributed by atoms with E-state index in [1.54, 1.807) is 7.11 Å². The molecule has 0 saturated heterocycles. The molecule has 0 saturated carbocycles. The summed E-state index contributed by atoms with van der Waals surface area (Å²) in [7, 11) is 1.67. The van der Waals surface area contributed by atoms with Gasteiger partial charge in [-0.05, 0) is 36.5 Å². The normalized spacial score (nSPS) is 12.8. The van der Waals surface area contributed by atoms with Crippen molar-refractivity contribution >= 4 is 0 Å². The van der Waals surface area contributed by atoms with E-state index in [1.807, 2.05) is 12.1 Å². The minimum Gasteiger partial charge on any atom is -0.497 e. The summed E-state index contributed by atoms with van der Waals surface area (Å²) >= 11 is 0. The van der Waals surface area contributed by atoms with Gasteiger partial charge in [0.05, 0.1) is 13.2 Å². The average Bonchev–Trinajstić information content (AvgIpc) is 2.43. The maximum absolute atomic E-state index is 8.65. The lowest BCUT2D eigenvalue weighted by molar-refractivity contribution is 0.304. The molecule has 0 unspecified atom stereocenters. The first-order chi connectivity index (χ1) is 8.98. The van der Waals surface area contributed by atoms with Crippen LogP contribution in [0.1, 0.15) is 45.2 Å². The molecule has 3 nitrogen and oxygen atoms in total. The van der Waals surface area contributed by atoms with Crippen molar-refractivity contribution in [3.63, 3.8) is 0 Å². The summed E-state index contributed by atoms with van der Waals surface area (Å²) in [6.07, 6.45) is 1.54. The predicted molar refractivity (Wildman–Crippen MR) is 78.0 cm³/mol. The van der Waals surface area contributed by atoms with E-state index in [1.165, 1.54) is 5.56 Å². The van der Waals surface area contributed by atoms with Crippen LogP contribution in [0.2, 0.25) is 0 Å². The molecule has 0 aromatic heterocycles. The molecule has 3 heteroatoms. The van der Waals surface area contributed by atoms with Gasteiger partial charge in [0.1, 0.15) is 5.75 Å². The standard InChI is InChI=1S/C16H24N2O/c1-13(14-6-8-15(19-4)9-7-14)18-12-16(2,3)10-5-11-17/h6-9,13,18H,5,10,12H2,1-4H3/t13-/m1/s1. The van der Waals surface area contributed by atoms with Crippen molar-refractivity contribution in [3.8, 4) is 11.8 Å². The Morgan fingerprint density at radius 2 is 1.95 bits per heavy atom.